The fourth-order valence-corrected chi connectivity index (χ4v) is 1.30. The van der Waals surface area contributed by atoms with E-state index in [9.17, 15) is 14.5 Å². The van der Waals surface area contributed by atoms with E-state index in [0.717, 1.165) is 0 Å². The molecule has 0 N–H and O–H groups in total. The van der Waals surface area contributed by atoms with Crippen LogP contribution in [0.25, 0.3) is 0 Å². The number of nitrogens with zero attached hydrogens (tertiary/aromatic N) is 1. The molecule has 5 nitrogen and oxygen atoms in total. The average molecular weight is 185 g/mol. The highest BCUT2D eigenvalue weighted by molar-refractivity contribution is 5.97. The smallest absolute Gasteiger partial charge is 0.313 e. The van der Waals surface area contributed by atoms with Crippen LogP contribution in [0.15, 0.2) is 5.18 Å². The van der Waals surface area contributed by atoms with Crippen LogP contribution in [0.2, 0.25) is 0 Å². The lowest BCUT2D eigenvalue weighted by Gasteiger charge is -2.28. The van der Waals surface area contributed by atoms with Crippen LogP contribution in [0.5, 0.6) is 0 Å². The Morgan fingerprint density at radius 3 is 2.54 bits per heavy atom. The molecule has 0 radical (unpaired) electrons. The van der Waals surface area contributed by atoms with Gasteiger partial charge in [0.05, 0.1) is 13.2 Å². The molecule has 0 spiro atoms. The summed E-state index contributed by atoms with van der Waals surface area (Å²) >= 11 is 0. The van der Waals surface area contributed by atoms with E-state index >= 15 is 0 Å². The molecule has 0 heterocycles. The molecule has 1 saturated carbocycles. The molecule has 0 aromatic heterocycles. The molecule has 1 fully saturated rings. The molecule has 0 aliphatic heterocycles. The van der Waals surface area contributed by atoms with Gasteiger partial charge in [0.25, 0.3) is 0 Å². The summed E-state index contributed by atoms with van der Waals surface area (Å²) in [6.07, 6.45) is 0.783. The molecule has 1 aliphatic rings. The van der Waals surface area contributed by atoms with Gasteiger partial charge < -0.3 is 4.74 Å². The second-order valence-electron chi connectivity index (χ2n) is 3.15. The molecule has 0 aromatic rings. The Bertz CT molecular complexity index is 232. The highest BCUT2D eigenvalue weighted by Gasteiger charge is 2.35. The minimum atomic E-state index is -0.521. The lowest BCUT2D eigenvalue weighted by Crippen LogP contribution is -2.34. The number of esters is 1. The predicted molar refractivity (Wildman–Crippen MR) is 43.9 cm³/mol. The van der Waals surface area contributed by atoms with Crippen LogP contribution < -0.4 is 0 Å². The first kappa shape index (κ1) is 9.83. The van der Waals surface area contributed by atoms with Gasteiger partial charge in [0.2, 0.25) is 0 Å². The summed E-state index contributed by atoms with van der Waals surface area (Å²) in [6, 6.07) is -0.230. The minimum Gasteiger partial charge on any atom is -0.469 e. The van der Waals surface area contributed by atoms with Crippen molar-refractivity contribution in [3.8, 4) is 0 Å². The van der Waals surface area contributed by atoms with Crippen molar-refractivity contribution in [3.63, 3.8) is 0 Å². The molecule has 13 heavy (non-hydrogen) atoms. The van der Waals surface area contributed by atoms with Crippen molar-refractivity contribution in [2.24, 2.45) is 11.1 Å². The second-order valence-corrected chi connectivity index (χ2v) is 3.15. The number of nitroso groups, excluding NO2 is 1. The molecule has 72 valence electrons. The summed E-state index contributed by atoms with van der Waals surface area (Å²) in [6.45, 7) is 0. The summed E-state index contributed by atoms with van der Waals surface area (Å²) in [5.74, 6) is -0.832. The topological polar surface area (TPSA) is 72.8 Å². The van der Waals surface area contributed by atoms with Gasteiger partial charge in [-0.25, -0.2) is 0 Å². The molecule has 1 rings (SSSR count). The summed E-state index contributed by atoms with van der Waals surface area (Å²) < 4.78 is 4.35. The van der Waals surface area contributed by atoms with Crippen molar-refractivity contribution in [1.29, 1.82) is 0 Å². The number of ketones is 1. The largest absolute Gasteiger partial charge is 0.469 e. The maximum atomic E-state index is 11.2. The third-order valence-electron chi connectivity index (χ3n) is 2.26. The molecular formula is C8H11NO4. The first-order valence-electron chi connectivity index (χ1n) is 4.09. The number of carbonyl (C=O) groups excluding carboxylic acids is 2. The van der Waals surface area contributed by atoms with E-state index in [1.54, 1.807) is 0 Å². The number of Topliss-reactive ketones (excluding diaryl/α,β-unsaturated/α-hetero) is 1. The number of ether oxygens (including phenoxy) is 1. The average Bonchev–Trinajstić information content (AvgIpc) is 2.02. The lowest BCUT2D eigenvalue weighted by atomic mass is 9.77. The van der Waals surface area contributed by atoms with E-state index in [1.165, 1.54) is 7.11 Å². The Morgan fingerprint density at radius 2 is 2.08 bits per heavy atom. The molecule has 1 aliphatic carbocycles. The maximum absolute atomic E-state index is 11.2. The molecule has 0 unspecified atom stereocenters. The first-order chi connectivity index (χ1) is 6.17. The zero-order chi connectivity index (χ0) is 9.84. The Hall–Kier alpha value is -1.26. The first-order valence-corrected chi connectivity index (χ1v) is 4.09. The zero-order valence-electron chi connectivity index (χ0n) is 7.36. The molecule has 0 bridgehead atoms. The SMILES string of the molecule is COC(=O)CC(=O)C1CC(N=O)C1. The van der Waals surface area contributed by atoms with E-state index < -0.39 is 5.97 Å². The van der Waals surface area contributed by atoms with Crippen molar-refractivity contribution >= 4 is 11.8 Å². The fourth-order valence-electron chi connectivity index (χ4n) is 1.30. The van der Waals surface area contributed by atoms with Gasteiger partial charge in [-0.15, -0.1) is 0 Å². The predicted octanol–water partition coefficient (Wildman–Crippen LogP) is 0.664. The third-order valence-corrected chi connectivity index (χ3v) is 2.26. The number of carbonyl (C=O) groups is 2. The number of hydrogen-bond acceptors (Lipinski definition) is 5. The zero-order valence-corrected chi connectivity index (χ0v) is 7.36. The maximum Gasteiger partial charge on any atom is 0.313 e. The van der Waals surface area contributed by atoms with Gasteiger partial charge in [0, 0.05) is 5.92 Å². The van der Waals surface area contributed by atoms with E-state index in [0.29, 0.717) is 12.8 Å². The Labute approximate surface area is 75.4 Å². The van der Waals surface area contributed by atoms with Gasteiger partial charge in [-0.3, -0.25) is 9.59 Å². The number of methoxy groups -OCH3 is 1. The fraction of sp³-hybridized carbons (Fsp3) is 0.750. The van der Waals surface area contributed by atoms with Gasteiger partial charge in [0.15, 0.2) is 0 Å². The van der Waals surface area contributed by atoms with Crippen LogP contribution in [-0.2, 0) is 14.3 Å². The third kappa shape index (κ3) is 2.34. The van der Waals surface area contributed by atoms with Crippen LogP contribution in [0.1, 0.15) is 19.3 Å². The Kier molecular flexibility index (Phi) is 3.11. The van der Waals surface area contributed by atoms with Gasteiger partial charge in [-0.1, -0.05) is 5.18 Å². The molecule has 0 amide bonds. The number of rotatable bonds is 4. The van der Waals surface area contributed by atoms with Crippen molar-refractivity contribution in [3.05, 3.63) is 4.91 Å². The normalized spacial score (nSPS) is 25.9. The summed E-state index contributed by atoms with van der Waals surface area (Å²) in [7, 11) is 1.24. The van der Waals surface area contributed by atoms with Crippen LogP contribution in [0.4, 0.5) is 0 Å². The van der Waals surface area contributed by atoms with Gasteiger partial charge in [-0.05, 0) is 12.8 Å². The number of hydrogen-bond donors (Lipinski definition) is 0. The van der Waals surface area contributed by atoms with E-state index in [-0.39, 0.29) is 24.2 Å². The van der Waals surface area contributed by atoms with Gasteiger partial charge in [0.1, 0.15) is 12.2 Å². The van der Waals surface area contributed by atoms with Crippen molar-refractivity contribution in [1.82, 2.24) is 0 Å². The highest BCUT2D eigenvalue weighted by atomic mass is 16.5. The minimum absolute atomic E-state index is 0.147. The van der Waals surface area contributed by atoms with Crippen molar-refractivity contribution in [2.75, 3.05) is 7.11 Å². The Morgan fingerprint density at radius 1 is 1.46 bits per heavy atom. The van der Waals surface area contributed by atoms with Crippen LogP contribution in [0, 0.1) is 10.8 Å². The van der Waals surface area contributed by atoms with Crippen LogP contribution in [0.3, 0.4) is 0 Å². The van der Waals surface area contributed by atoms with Gasteiger partial charge >= 0.3 is 5.97 Å². The molecule has 0 aromatic carbocycles. The van der Waals surface area contributed by atoms with Crippen LogP contribution in [-0.4, -0.2) is 24.9 Å². The van der Waals surface area contributed by atoms with Crippen molar-refractivity contribution < 1.29 is 14.3 Å². The lowest BCUT2D eigenvalue weighted by molar-refractivity contribution is -0.144. The summed E-state index contributed by atoms with van der Waals surface area (Å²) in [5.41, 5.74) is 0. The van der Waals surface area contributed by atoms with E-state index in [4.69, 9.17) is 0 Å². The Balaban J connectivity index is 2.27. The van der Waals surface area contributed by atoms with Gasteiger partial charge in [-0.2, -0.15) is 4.91 Å². The summed E-state index contributed by atoms with van der Waals surface area (Å²) in [4.78, 5) is 31.9. The molecule has 0 saturated heterocycles. The standard InChI is InChI=1S/C8H11NO4/c1-13-8(11)4-7(10)5-2-6(3-5)9-12/h5-6H,2-4H2,1H3. The van der Waals surface area contributed by atoms with E-state index in [2.05, 4.69) is 9.91 Å². The van der Waals surface area contributed by atoms with Crippen LogP contribution >= 0.6 is 0 Å². The molecular weight excluding hydrogens is 174 g/mol. The molecule has 0 atom stereocenters. The second kappa shape index (κ2) is 4.11. The van der Waals surface area contributed by atoms with Crippen molar-refractivity contribution in [2.45, 2.75) is 25.3 Å². The molecule has 5 heteroatoms. The summed E-state index contributed by atoms with van der Waals surface area (Å²) in [5, 5.41) is 2.81. The van der Waals surface area contributed by atoms with E-state index in [1.807, 2.05) is 0 Å². The highest BCUT2D eigenvalue weighted by Crippen LogP contribution is 2.31. The monoisotopic (exact) mass is 185 g/mol. The quantitative estimate of drug-likeness (QED) is 0.366.